The third kappa shape index (κ3) is 1.95. The van der Waals surface area contributed by atoms with Crippen molar-refractivity contribution < 1.29 is 0 Å². The Kier molecular flexibility index (Phi) is 2.69. The summed E-state index contributed by atoms with van der Waals surface area (Å²) in [6.07, 6.45) is 4.00. The van der Waals surface area contributed by atoms with E-state index in [1.165, 1.54) is 21.4 Å². The Morgan fingerprint density at radius 2 is 2.09 bits per heavy atom. The molecule has 6 heteroatoms. The van der Waals surface area contributed by atoms with Crippen molar-refractivity contribution in [3.8, 4) is 0 Å². The van der Waals surface area contributed by atoms with Gasteiger partial charge in [0.05, 0.1) is 5.39 Å². The minimum absolute atomic E-state index is 0.209. The van der Waals surface area contributed by atoms with Crippen molar-refractivity contribution in [1.82, 2.24) is 19.6 Å². The highest BCUT2D eigenvalue weighted by Gasteiger charge is 2.22. The number of aryl methyl sites for hydroxylation is 2. The molecule has 4 aromatic rings. The van der Waals surface area contributed by atoms with Crippen LogP contribution in [0.4, 0.5) is 0 Å². The molecule has 5 rings (SSSR count). The first-order chi connectivity index (χ1) is 11.3. The molecule has 3 aromatic heterocycles. The highest BCUT2D eigenvalue weighted by molar-refractivity contribution is 7.19. The Morgan fingerprint density at radius 1 is 1.22 bits per heavy atom. The number of aromatic nitrogens is 4. The van der Waals surface area contributed by atoms with E-state index in [-0.39, 0.29) is 5.69 Å². The molecule has 0 saturated carbocycles. The van der Waals surface area contributed by atoms with Gasteiger partial charge in [0.15, 0.2) is 11.5 Å². The Balaban J connectivity index is 1.74. The van der Waals surface area contributed by atoms with Gasteiger partial charge in [0.25, 0.3) is 0 Å². The fourth-order valence-electron chi connectivity index (χ4n) is 3.39. The van der Waals surface area contributed by atoms with Crippen molar-refractivity contribution in [2.45, 2.75) is 25.7 Å². The lowest BCUT2D eigenvalue weighted by Crippen LogP contribution is -2.17. The molecule has 3 heterocycles. The van der Waals surface area contributed by atoms with E-state index in [9.17, 15) is 4.79 Å². The van der Waals surface area contributed by atoms with Crippen LogP contribution in [0.15, 0.2) is 35.1 Å². The Morgan fingerprint density at radius 3 is 2.96 bits per heavy atom. The summed E-state index contributed by atoms with van der Waals surface area (Å²) >= 11 is 1.69. The van der Waals surface area contributed by atoms with Gasteiger partial charge >= 0.3 is 5.69 Å². The molecule has 0 saturated heterocycles. The van der Waals surface area contributed by atoms with Crippen LogP contribution in [0.25, 0.3) is 15.9 Å². The van der Waals surface area contributed by atoms with Gasteiger partial charge in [0.2, 0.25) is 0 Å². The van der Waals surface area contributed by atoms with Crippen LogP contribution < -0.4 is 5.69 Å². The number of hydrogen-bond donors (Lipinski definition) is 1. The zero-order valence-electron chi connectivity index (χ0n) is 12.4. The number of hydrogen-bond acceptors (Lipinski definition) is 4. The van der Waals surface area contributed by atoms with Crippen LogP contribution in [0, 0.1) is 0 Å². The van der Waals surface area contributed by atoms with Crippen molar-refractivity contribution in [2.75, 3.05) is 0 Å². The average Bonchev–Trinajstić information content (AvgIpc) is 3.22. The molecule has 1 N–H and O–H groups in total. The third-order valence-electron chi connectivity index (χ3n) is 4.41. The van der Waals surface area contributed by atoms with Crippen molar-refractivity contribution in [3.05, 3.63) is 62.6 Å². The standard InChI is InChI=1S/C17H14N4OS/c22-17-19-16-14(11-7-4-8-12(11)23-16)15-18-13(20-21(15)17)9-10-5-2-1-3-6-10/h1-3,5-6H,4,7-9H2,(H,19,22). The fraction of sp³-hybridized carbons (Fsp3) is 0.235. The van der Waals surface area contributed by atoms with E-state index in [1.807, 2.05) is 30.3 Å². The zero-order chi connectivity index (χ0) is 15.4. The number of benzene rings is 1. The Labute approximate surface area is 135 Å². The van der Waals surface area contributed by atoms with Gasteiger partial charge in [-0.25, -0.2) is 9.78 Å². The second kappa shape index (κ2) is 4.76. The quantitative estimate of drug-likeness (QED) is 0.617. The lowest BCUT2D eigenvalue weighted by molar-refractivity contribution is 0.847. The predicted octanol–water partition coefficient (Wildman–Crippen LogP) is 2.71. The number of fused-ring (bicyclic) bond motifs is 5. The Bertz CT molecular complexity index is 1090. The summed E-state index contributed by atoms with van der Waals surface area (Å²) in [6.45, 7) is 0. The van der Waals surface area contributed by atoms with E-state index >= 15 is 0 Å². The van der Waals surface area contributed by atoms with Gasteiger partial charge in [-0.3, -0.25) is 4.98 Å². The van der Waals surface area contributed by atoms with Gasteiger partial charge in [-0.2, -0.15) is 4.52 Å². The van der Waals surface area contributed by atoms with Gasteiger partial charge in [-0.05, 0) is 30.4 Å². The molecule has 0 aliphatic heterocycles. The first kappa shape index (κ1) is 13.0. The molecule has 0 radical (unpaired) electrons. The number of aromatic amines is 1. The molecule has 0 amide bonds. The van der Waals surface area contributed by atoms with Crippen LogP contribution in [0.1, 0.15) is 28.2 Å². The molecule has 5 nitrogen and oxygen atoms in total. The molecule has 114 valence electrons. The van der Waals surface area contributed by atoms with Gasteiger partial charge in [-0.15, -0.1) is 16.4 Å². The number of nitrogens with zero attached hydrogens (tertiary/aromatic N) is 3. The van der Waals surface area contributed by atoms with Gasteiger partial charge < -0.3 is 0 Å². The molecule has 0 atom stereocenters. The van der Waals surface area contributed by atoms with Crippen molar-refractivity contribution in [3.63, 3.8) is 0 Å². The van der Waals surface area contributed by atoms with Crippen LogP contribution in [-0.4, -0.2) is 19.6 Å². The maximum Gasteiger partial charge on any atom is 0.349 e. The summed E-state index contributed by atoms with van der Waals surface area (Å²) in [6, 6.07) is 10.1. The van der Waals surface area contributed by atoms with Crippen LogP contribution in [0.2, 0.25) is 0 Å². The smallest absolute Gasteiger partial charge is 0.297 e. The van der Waals surface area contributed by atoms with E-state index in [0.29, 0.717) is 17.9 Å². The summed E-state index contributed by atoms with van der Waals surface area (Å²) in [5, 5.41) is 5.52. The second-order valence-electron chi connectivity index (χ2n) is 5.92. The Hall–Kier alpha value is -2.47. The number of nitrogens with one attached hydrogen (secondary N) is 1. The molecule has 23 heavy (non-hydrogen) atoms. The SMILES string of the molecule is O=c1[nH]c2sc3c(c2c2nc(Cc4ccccc4)nn12)CCC3. The van der Waals surface area contributed by atoms with E-state index in [0.717, 1.165) is 28.6 Å². The molecule has 0 spiro atoms. The monoisotopic (exact) mass is 322 g/mol. The van der Waals surface area contributed by atoms with Crippen LogP contribution in [0.5, 0.6) is 0 Å². The first-order valence-corrected chi connectivity index (χ1v) is 8.57. The van der Waals surface area contributed by atoms with Crippen LogP contribution in [-0.2, 0) is 19.3 Å². The molecule has 1 aliphatic rings. The molecular formula is C17H14N4OS. The van der Waals surface area contributed by atoms with Crippen molar-refractivity contribution in [2.24, 2.45) is 0 Å². The molecule has 0 fully saturated rings. The number of H-pyrrole nitrogens is 1. The van der Waals surface area contributed by atoms with Gasteiger partial charge in [-0.1, -0.05) is 30.3 Å². The van der Waals surface area contributed by atoms with E-state index in [4.69, 9.17) is 0 Å². The predicted molar refractivity (Wildman–Crippen MR) is 90.3 cm³/mol. The summed E-state index contributed by atoms with van der Waals surface area (Å²) in [7, 11) is 0. The van der Waals surface area contributed by atoms with E-state index in [2.05, 4.69) is 15.1 Å². The normalized spacial score (nSPS) is 13.9. The molecule has 1 aromatic carbocycles. The lowest BCUT2D eigenvalue weighted by Gasteiger charge is -1.95. The zero-order valence-corrected chi connectivity index (χ0v) is 13.2. The van der Waals surface area contributed by atoms with Gasteiger partial charge in [0.1, 0.15) is 4.83 Å². The fourth-order valence-corrected chi connectivity index (χ4v) is 4.67. The highest BCUT2D eigenvalue weighted by Crippen LogP contribution is 2.37. The second-order valence-corrected chi connectivity index (χ2v) is 7.02. The highest BCUT2D eigenvalue weighted by atomic mass is 32.1. The molecule has 0 bridgehead atoms. The topological polar surface area (TPSA) is 63.0 Å². The maximum absolute atomic E-state index is 12.3. The van der Waals surface area contributed by atoms with E-state index in [1.54, 1.807) is 11.3 Å². The van der Waals surface area contributed by atoms with Crippen LogP contribution in [0.3, 0.4) is 0 Å². The first-order valence-electron chi connectivity index (χ1n) is 7.76. The largest absolute Gasteiger partial charge is 0.349 e. The van der Waals surface area contributed by atoms with Crippen LogP contribution >= 0.6 is 11.3 Å². The minimum Gasteiger partial charge on any atom is -0.297 e. The lowest BCUT2D eigenvalue weighted by atomic mass is 10.1. The molecular weight excluding hydrogens is 308 g/mol. The molecule has 0 unspecified atom stereocenters. The average molecular weight is 322 g/mol. The van der Waals surface area contributed by atoms with Crippen molar-refractivity contribution >= 4 is 27.2 Å². The van der Waals surface area contributed by atoms with Gasteiger partial charge in [0, 0.05) is 11.3 Å². The molecule has 1 aliphatic carbocycles. The third-order valence-corrected chi connectivity index (χ3v) is 5.62. The van der Waals surface area contributed by atoms with Crippen molar-refractivity contribution in [1.29, 1.82) is 0 Å². The summed E-state index contributed by atoms with van der Waals surface area (Å²) in [5.74, 6) is 0.687. The van der Waals surface area contributed by atoms with E-state index < -0.39 is 0 Å². The summed E-state index contributed by atoms with van der Waals surface area (Å²) in [4.78, 5) is 22.3. The summed E-state index contributed by atoms with van der Waals surface area (Å²) < 4.78 is 1.42. The maximum atomic E-state index is 12.3. The summed E-state index contributed by atoms with van der Waals surface area (Å²) in [5.41, 5.74) is 2.99. The number of rotatable bonds is 2. The number of thiophene rings is 1. The minimum atomic E-state index is -0.209.